The van der Waals surface area contributed by atoms with Crippen molar-refractivity contribution in [3.05, 3.63) is 63.3 Å². The Morgan fingerprint density at radius 1 is 1.34 bits per heavy atom. The Morgan fingerprint density at radius 2 is 2.09 bits per heavy atom. The molecule has 2 aromatic rings. The predicted octanol–water partition coefficient (Wildman–Crippen LogP) is 0.887. The lowest BCUT2D eigenvalue weighted by atomic mass is 9.89. The van der Waals surface area contributed by atoms with Crippen molar-refractivity contribution in [3.8, 4) is 0 Å². The van der Waals surface area contributed by atoms with Crippen molar-refractivity contribution in [1.29, 1.82) is 0 Å². The number of nitrogens with one attached hydrogen (secondary N) is 1. The van der Waals surface area contributed by atoms with Gasteiger partial charge in [0.2, 0.25) is 11.9 Å². The highest BCUT2D eigenvalue weighted by atomic mass is 19.2. The molecule has 1 heterocycles. The molecule has 1 amide bonds. The number of hydrogen-bond acceptors (Lipinski definition) is 5. The fraction of sp³-hybridized carbons (Fsp3) is 0.429. The maximum Gasteiger partial charge on any atom is 0.272 e. The maximum atomic E-state index is 13.8. The maximum absolute atomic E-state index is 13.8. The molecule has 11 heteroatoms. The van der Waals surface area contributed by atoms with E-state index in [1.807, 2.05) is 0 Å². The van der Waals surface area contributed by atoms with Crippen molar-refractivity contribution in [2.45, 2.75) is 38.6 Å². The van der Waals surface area contributed by atoms with Gasteiger partial charge in [-0.15, -0.1) is 0 Å². The van der Waals surface area contributed by atoms with Gasteiger partial charge in [-0.2, -0.15) is 0 Å². The van der Waals surface area contributed by atoms with Gasteiger partial charge in [0.1, 0.15) is 18.8 Å². The molecular weight excluding hydrogens is 422 g/mol. The number of amides is 1. The first-order valence-electron chi connectivity index (χ1n) is 10.2. The monoisotopic (exact) mass is 448 g/mol. The molecule has 0 radical (unpaired) electrons. The highest BCUT2D eigenvalue weighted by Gasteiger charge is 2.34. The summed E-state index contributed by atoms with van der Waals surface area (Å²) in [4.78, 5) is 34.3. The van der Waals surface area contributed by atoms with Gasteiger partial charge in [-0.25, -0.2) is 8.78 Å². The highest BCUT2D eigenvalue weighted by molar-refractivity contribution is 5.76. The van der Waals surface area contributed by atoms with Gasteiger partial charge in [0, 0.05) is 18.3 Å². The van der Waals surface area contributed by atoms with E-state index in [1.165, 1.54) is 16.8 Å². The number of benzene rings is 1. The van der Waals surface area contributed by atoms with E-state index >= 15 is 0 Å². The van der Waals surface area contributed by atoms with Gasteiger partial charge in [-0.1, -0.05) is 6.07 Å². The zero-order valence-corrected chi connectivity index (χ0v) is 17.7. The van der Waals surface area contributed by atoms with Gasteiger partial charge in [-0.05, 0) is 54.5 Å². The molecule has 1 aliphatic carbocycles. The van der Waals surface area contributed by atoms with E-state index in [4.69, 9.17) is 16.3 Å². The van der Waals surface area contributed by atoms with E-state index in [-0.39, 0.29) is 61.1 Å². The van der Waals surface area contributed by atoms with Gasteiger partial charge in [0.05, 0.1) is 6.54 Å². The molecule has 1 aromatic carbocycles. The summed E-state index contributed by atoms with van der Waals surface area (Å²) in [7, 11) is 0. The van der Waals surface area contributed by atoms with E-state index < -0.39 is 11.6 Å². The lowest BCUT2D eigenvalue weighted by molar-refractivity contribution is -0.122. The summed E-state index contributed by atoms with van der Waals surface area (Å²) < 4.78 is 28.5. The first-order valence-corrected chi connectivity index (χ1v) is 10.2. The zero-order chi connectivity index (χ0) is 23.3. The number of halogens is 2. The Labute approximate surface area is 183 Å². The largest absolute Gasteiger partial charge is 0.391 e. The fourth-order valence-corrected chi connectivity index (χ4v) is 3.51. The molecule has 1 aliphatic rings. The molecular formula is C21H26F2N6O3. The molecule has 5 N–H and O–H groups in total. The van der Waals surface area contributed by atoms with E-state index in [0.717, 1.165) is 18.9 Å². The topological polar surface area (TPSA) is 138 Å². The van der Waals surface area contributed by atoms with Crippen molar-refractivity contribution in [3.63, 3.8) is 0 Å². The standard InChI is InChI=1S/C21H26F2N6O3/c1-12-10-27-18(9-15(13-2-3-13)14-4-5-16(22)17(23)8-14)20(31)29(12)11-19(30)26-6-7-32-28-21(24)25/h4-5,8,10,13,15H,2-3,6-7,9,11H2,1H3,(H,26,30)(H4,24,25,28). The van der Waals surface area contributed by atoms with Crippen LogP contribution in [0.5, 0.6) is 0 Å². The van der Waals surface area contributed by atoms with Crippen LogP contribution in [-0.4, -0.2) is 34.6 Å². The second-order valence-electron chi connectivity index (χ2n) is 7.76. The number of carbonyl (C=O) groups is 1. The minimum Gasteiger partial charge on any atom is -0.391 e. The number of nitrogens with zero attached hydrogens (tertiary/aromatic N) is 3. The Bertz CT molecular complexity index is 1060. The molecule has 0 bridgehead atoms. The van der Waals surface area contributed by atoms with E-state index in [9.17, 15) is 18.4 Å². The average molecular weight is 448 g/mol. The van der Waals surface area contributed by atoms with Gasteiger partial charge in [-0.3, -0.25) is 14.6 Å². The highest BCUT2D eigenvalue weighted by Crippen LogP contribution is 2.44. The second kappa shape index (κ2) is 10.2. The molecule has 1 aromatic heterocycles. The normalized spacial score (nSPS) is 14.0. The lowest BCUT2D eigenvalue weighted by Gasteiger charge is -2.18. The number of nitrogens with two attached hydrogens (primary N) is 2. The van der Waals surface area contributed by atoms with Crippen LogP contribution in [0.3, 0.4) is 0 Å². The number of hydrogen-bond donors (Lipinski definition) is 3. The van der Waals surface area contributed by atoms with Gasteiger partial charge in [0.15, 0.2) is 11.6 Å². The zero-order valence-electron chi connectivity index (χ0n) is 17.7. The lowest BCUT2D eigenvalue weighted by Crippen LogP contribution is -2.36. The van der Waals surface area contributed by atoms with Crippen molar-refractivity contribution in [1.82, 2.24) is 14.9 Å². The minimum atomic E-state index is -0.914. The smallest absolute Gasteiger partial charge is 0.272 e. The van der Waals surface area contributed by atoms with Crippen molar-refractivity contribution >= 4 is 11.9 Å². The summed E-state index contributed by atoms with van der Waals surface area (Å²) >= 11 is 0. The van der Waals surface area contributed by atoms with Crippen molar-refractivity contribution < 1.29 is 18.4 Å². The third kappa shape index (κ3) is 6.02. The van der Waals surface area contributed by atoms with Crippen molar-refractivity contribution in [2.24, 2.45) is 22.5 Å². The van der Waals surface area contributed by atoms with Crippen LogP contribution in [0.25, 0.3) is 0 Å². The van der Waals surface area contributed by atoms with E-state index in [2.05, 4.69) is 15.5 Å². The molecule has 1 fully saturated rings. The number of aromatic nitrogens is 2. The summed E-state index contributed by atoms with van der Waals surface area (Å²) in [6.07, 6.45) is 3.71. The molecule has 172 valence electrons. The molecule has 0 aliphatic heterocycles. The Balaban J connectivity index is 1.71. The van der Waals surface area contributed by atoms with Crippen LogP contribution in [0.1, 0.15) is 35.7 Å². The second-order valence-corrected chi connectivity index (χ2v) is 7.76. The quantitative estimate of drug-likeness (QED) is 0.214. The number of guanidine groups is 1. The van der Waals surface area contributed by atoms with E-state index in [1.54, 1.807) is 13.0 Å². The summed E-state index contributed by atoms with van der Waals surface area (Å²) in [6, 6.07) is 3.83. The number of carbonyl (C=O) groups excluding carboxylic acids is 1. The molecule has 9 nitrogen and oxygen atoms in total. The van der Waals surface area contributed by atoms with Crippen LogP contribution in [0.2, 0.25) is 0 Å². The Morgan fingerprint density at radius 3 is 2.75 bits per heavy atom. The number of aryl methyl sites for hydroxylation is 1. The van der Waals surface area contributed by atoms with Crippen LogP contribution >= 0.6 is 0 Å². The molecule has 1 atom stereocenters. The van der Waals surface area contributed by atoms with Crippen LogP contribution in [0, 0.1) is 24.5 Å². The summed E-state index contributed by atoms with van der Waals surface area (Å²) in [6.45, 7) is 1.71. The minimum absolute atomic E-state index is 0.0659. The SMILES string of the molecule is Cc1cnc(CC(c2ccc(F)c(F)c2)C2CC2)c(=O)n1CC(=O)NCCON=C(N)N. The summed E-state index contributed by atoms with van der Waals surface area (Å²) in [5.74, 6) is -2.31. The Kier molecular flexibility index (Phi) is 7.39. The molecule has 1 unspecified atom stereocenters. The Hall–Kier alpha value is -3.50. The van der Waals surface area contributed by atoms with Crippen LogP contribution in [0.15, 0.2) is 34.3 Å². The van der Waals surface area contributed by atoms with Gasteiger partial charge in [0.25, 0.3) is 5.56 Å². The summed E-state index contributed by atoms with van der Waals surface area (Å²) in [5, 5.41) is 5.95. The third-order valence-electron chi connectivity index (χ3n) is 5.29. The van der Waals surface area contributed by atoms with Crippen molar-refractivity contribution in [2.75, 3.05) is 13.2 Å². The predicted molar refractivity (Wildman–Crippen MR) is 114 cm³/mol. The number of oxime groups is 1. The molecule has 32 heavy (non-hydrogen) atoms. The molecule has 0 spiro atoms. The molecule has 3 rings (SSSR count). The number of rotatable bonds is 10. The third-order valence-corrected chi connectivity index (χ3v) is 5.29. The van der Waals surface area contributed by atoms with Crippen LogP contribution in [0.4, 0.5) is 8.78 Å². The van der Waals surface area contributed by atoms with Crippen LogP contribution < -0.4 is 22.3 Å². The first kappa shape index (κ1) is 23.2. The molecule has 0 saturated heterocycles. The average Bonchev–Trinajstić information content (AvgIpc) is 3.57. The fourth-order valence-electron chi connectivity index (χ4n) is 3.51. The van der Waals surface area contributed by atoms with Crippen LogP contribution in [-0.2, 0) is 22.6 Å². The summed E-state index contributed by atoms with van der Waals surface area (Å²) in [5.41, 5.74) is 11.3. The van der Waals surface area contributed by atoms with Gasteiger partial charge >= 0.3 is 0 Å². The van der Waals surface area contributed by atoms with E-state index in [0.29, 0.717) is 11.3 Å². The molecule has 1 saturated carbocycles. The van der Waals surface area contributed by atoms with Gasteiger partial charge < -0.3 is 26.2 Å². The first-order chi connectivity index (χ1) is 15.3.